The van der Waals surface area contributed by atoms with Crippen molar-refractivity contribution >= 4 is 5.97 Å². The molecular weight excluding hydrogens is 248 g/mol. The summed E-state index contributed by atoms with van der Waals surface area (Å²) in [4.78, 5) is 12.7. The SMILES string of the molecule is O=C1OC[C@@H]2CC3c4ccccc4C12c1ccccc13. The number of esters is 1. The van der Waals surface area contributed by atoms with Crippen molar-refractivity contribution in [1.82, 2.24) is 0 Å². The fourth-order valence-electron chi connectivity index (χ4n) is 4.66. The van der Waals surface area contributed by atoms with Gasteiger partial charge in [-0.15, -0.1) is 0 Å². The van der Waals surface area contributed by atoms with Crippen LogP contribution in [0, 0.1) is 5.92 Å². The summed E-state index contributed by atoms with van der Waals surface area (Å²) >= 11 is 0. The average Bonchev–Trinajstić information content (AvgIpc) is 2.86. The molecule has 0 saturated carbocycles. The molecule has 1 fully saturated rings. The molecule has 2 aromatic carbocycles. The van der Waals surface area contributed by atoms with E-state index in [0.29, 0.717) is 18.4 Å². The molecule has 2 bridgehead atoms. The molecule has 0 radical (unpaired) electrons. The van der Waals surface area contributed by atoms with Gasteiger partial charge in [-0.2, -0.15) is 0 Å². The van der Waals surface area contributed by atoms with Gasteiger partial charge in [0.2, 0.25) is 0 Å². The molecule has 1 saturated heterocycles. The summed E-state index contributed by atoms with van der Waals surface area (Å²) in [6.07, 6.45) is 1.03. The second-order valence-electron chi connectivity index (χ2n) is 6.07. The van der Waals surface area contributed by atoms with Crippen LogP contribution in [-0.2, 0) is 14.9 Å². The number of carbonyl (C=O) groups excluding carboxylic acids is 1. The Bertz CT molecular complexity index is 699. The largest absolute Gasteiger partial charge is 0.464 e. The first-order chi connectivity index (χ1) is 9.83. The van der Waals surface area contributed by atoms with Crippen molar-refractivity contribution < 1.29 is 9.53 Å². The smallest absolute Gasteiger partial charge is 0.321 e. The van der Waals surface area contributed by atoms with Gasteiger partial charge >= 0.3 is 5.97 Å². The molecule has 6 rings (SSSR count). The highest BCUT2D eigenvalue weighted by atomic mass is 16.5. The number of hydrogen-bond donors (Lipinski definition) is 0. The van der Waals surface area contributed by atoms with Gasteiger partial charge in [0.05, 0.1) is 6.61 Å². The third-order valence-electron chi connectivity index (χ3n) is 5.39. The average molecular weight is 262 g/mol. The first kappa shape index (κ1) is 10.7. The monoisotopic (exact) mass is 262 g/mol. The molecule has 0 unspecified atom stereocenters. The molecule has 1 atom stereocenters. The summed E-state index contributed by atoms with van der Waals surface area (Å²) in [6, 6.07) is 16.8. The maximum absolute atomic E-state index is 12.7. The minimum atomic E-state index is -0.540. The van der Waals surface area contributed by atoms with Crippen molar-refractivity contribution in [2.24, 2.45) is 5.92 Å². The van der Waals surface area contributed by atoms with Crippen LogP contribution in [0.4, 0.5) is 0 Å². The molecule has 1 aliphatic heterocycles. The van der Waals surface area contributed by atoms with Crippen molar-refractivity contribution in [3.8, 4) is 0 Å². The summed E-state index contributed by atoms with van der Waals surface area (Å²) in [5, 5.41) is 0. The van der Waals surface area contributed by atoms with E-state index in [1.54, 1.807) is 0 Å². The zero-order valence-corrected chi connectivity index (χ0v) is 11.0. The molecule has 2 nitrogen and oxygen atoms in total. The summed E-state index contributed by atoms with van der Waals surface area (Å²) in [6.45, 7) is 0.567. The van der Waals surface area contributed by atoms with E-state index in [-0.39, 0.29) is 5.97 Å². The molecule has 1 heterocycles. The third-order valence-corrected chi connectivity index (χ3v) is 5.39. The predicted octanol–water partition coefficient (Wildman–Crippen LogP) is 2.99. The maximum Gasteiger partial charge on any atom is 0.321 e. The molecular formula is C18H14O2. The van der Waals surface area contributed by atoms with Gasteiger partial charge in [-0.3, -0.25) is 4.79 Å². The predicted molar refractivity (Wildman–Crippen MR) is 74.6 cm³/mol. The van der Waals surface area contributed by atoms with Crippen LogP contribution < -0.4 is 0 Å². The van der Waals surface area contributed by atoms with E-state index in [9.17, 15) is 4.79 Å². The normalized spacial score (nSPS) is 32.3. The third kappa shape index (κ3) is 0.953. The number of cyclic esters (lactones) is 1. The molecule has 0 N–H and O–H groups in total. The molecule has 2 aromatic rings. The molecule has 4 aliphatic rings. The van der Waals surface area contributed by atoms with Gasteiger partial charge in [-0.25, -0.2) is 0 Å². The Hall–Kier alpha value is -2.09. The number of hydrogen-bond acceptors (Lipinski definition) is 2. The second kappa shape index (κ2) is 3.32. The summed E-state index contributed by atoms with van der Waals surface area (Å²) in [5.74, 6) is 0.661. The van der Waals surface area contributed by atoms with Crippen LogP contribution in [0.25, 0.3) is 0 Å². The zero-order valence-electron chi connectivity index (χ0n) is 11.0. The van der Waals surface area contributed by atoms with E-state index in [1.165, 1.54) is 22.3 Å². The van der Waals surface area contributed by atoms with Crippen molar-refractivity contribution in [3.63, 3.8) is 0 Å². The van der Waals surface area contributed by atoms with E-state index in [4.69, 9.17) is 4.74 Å². The van der Waals surface area contributed by atoms with Gasteiger partial charge in [0.1, 0.15) is 5.41 Å². The van der Waals surface area contributed by atoms with Gasteiger partial charge in [0.25, 0.3) is 0 Å². The fourth-order valence-corrected chi connectivity index (χ4v) is 4.66. The maximum atomic E-state index is 12.7. The minimum Gasteiger partial charge on any atom is -0.464 e. The summed E-state index contributed by atoms with van der Waals surface area (Å²) in [7, 11) is 0. The van der Waals surface area contributed by atoms with Crippen molar-refractivity contribution in [2.45, 2.75) is 17.8 Å². The van der Waals surface area contributed by atoms with Crippen LogP contribution in [0.2, 0.25) is 0 Å². The molecule has 20 heavy (non-hydrogen) atoms. The highest BCUT2D eigenvalue weighted by molar-refractivity contribution is 5.93. The lowest BCUT2D eigenvalue weighted by Crippen LogP contribution is -2.48. The van der Waals surface area contributed by atoms with Crippen molar-refractivity contribution in [1.29, 1.82) is 0 Å². The summed E-state index contributed by atoms with van der Waals surface area (Å²) in [5.41, 5.74) is 4.47. The standard InChI is InChI=1S/C18H14O2/c19-17-18-11(10-20-17)9-14(12-5-1-3-7-15(12)18)13-6-2-4-8-16(13)18/h1-8,11,14H,9-10H2/t11-,14?,18?/m0/s1. The summed E-state index contributed by atoms with van der Waals surface area (Å²) < 4.78 is 5.50. The van der Waals surface area contributed by atoms with Crippen LogP contribution in [0.15, 0.2) is 48.5 Å². The Balaban J connectivity index is 1.96. The number of rotatable bonds is 0. The van der Waals surface area contributed by atoms with Gasteiger partial charge in [0.15, 0.2) is 0 Å². The van der Waals surface area contributed by atoms with Crippen molar-refractivity contribution in [2.75, 3.05) is 6.61 Å². The van der Waals surface area contributed by atoms with Crippen LogP contribution in [-0.4, -0.2) is 12.6 Å². The Labute approximate surface area is 117 Å². The molecule has 0 amide bonds. The van der Waals surface area contributed by atoms with Crippen LogP contribution in [0.1, 0.15) is 34.6 Å². The van der Waals surface area contributed by atoms with E-state index in [2.05, 4.69) is 36.4 Å². The van der Waals surface area contributed by atoms with Crippen LogP contribution in [0.5, 0.6) is 0 Å². The number of ether oxygens (including phenoxy) is 1. The van der Waals surface area contributed by atoms with E-state index in [0.717, 1.165) is 6.42 Å². The quantitative estimate of drug-likeness (QED) is 0.682. The van der Waals surface area contributed by atoms with E-state index < -0.39 is 5.41 Å². The zero-order chi connectivity index (χ0) is 13.3. The molecule has 98 valence electrons. The molecule has 3 aliphatic carbocycles. The Morgan fingerprint density at radius 3 is 2.20 bits per heavy atom. The van der Waals surface area contributed by atoms with E-state index >= 15 is 0 Å². The minimum absolute atomic E-state index is 0.0550. The molecule has 2 heteroatoms. The van der Waals surface area contributed by atoms with Gasteiger partial charge < -0.3 is 4.74 Å². The van der Waals surface area contributed by atoms with E-state index in [1.807, 2.05) is 12.1 Å². The van der Waals surface area contributed by atoms with Gasteiger partial charge in [-0.05, 0) is 28.7 Å². The lowest BCUT2D eigenvalue weighted by molar-refractivity contribution is -0.141. The van der Waals surface area contributed by atoms with Crippen LogP contribution in [0.3, 0.4) is 0 Å². The van der Waals surface area contributed by atoms with Crippen molar-refractivity contribution in [3.05, 3.63) is 70.8 Å². The highest BCUT2D eigenvalue weighted by Gasteiger charge is 2.62. The molecule has 1 spiro atoms. The Kier molecular flexibility index (Phi) is 1.77. The van der Waals surface area contributed by atoms with Crippen LogP contribution >= 0.6 is 0 Å². The van der Waals surface area contributed by atoms with Gasteiger partial charge in [0, 0.05) is 11.8 Å². The molecule has 0 aromatic heterocycles. The number of benzene rings is 2. The first-order valence-electron chi connectivity index (χ1n) is 7.19. The topological polar surface area (TPSA) is 26.3 Å². The Morgan fingerprint density at radius 2 is 1.55 bits per heavy atom. The van der Waals surface area contributed by atoms with Gasteiger partial charge in [-0.1, -0.05) is 48.5 Å². The first-order valence-corrected chi connectivity index (χ1v) is 7.19. The highest BCUT2D eigenvalue weighted by Crippen LogP contribution is 2.61. The lowest BCUT2D eigenvalue weighted by Gasteiger charge is -2.48. The fraction of sp³-hybridized carbons (Fsp3) is 0.278. The lowest BCUT2D eigenvalue weighted by atomic mass is 9.51. The second-order valence-corrected chi connectivity index (χ2v) is 6.07. The number of carbonyl (C=O) groups is 1. The Morgan fingerprint density at radius 1 is 0.950 bits per heavy atom.